The van der Waals surface area contributed by atoms with E-state index in [0.29, 0.717) is 0 Å². The average Bonchev–Trinajstić information content (AvgIpc) is 2.68. The summed E-state index contributed by atoms with van der Waals surface area (Å²) in [7, 11) is 0. The molecule has 7 heteroatoms. The first-order valence-electron chi connectivity index (χ1n) is 5.00. The van der Waals surface area contributed by atoms with Crippen LogP contribution in [-0.2, 0) is 16.0 Å². The summed E-state index contributed by atoms with van der Waals surface area (Å²) in [6.45, 7) is 0. The number of aromatic nitrogens is 1. The van der Waals surface area contributed by atoms with Crippen LogP contribution in [0.2, 0.25) is 0 Å². The third-order valence-electron chi connectivity index (χ3n) is 2.33. The number of para-hydroxylation sites is 1. The van der Waals surface area contributed by atoms with E-state index in [0.717, 1.165) is 0 Å². The first-order chi connectivity index (χ1) is 8.49. The second-order valence-electron chi connectivity index (χ2n) is 3.61. The molecule has 0 aliphatic heterocycles. The lowest BCUT2D eigenvalue weighted by atomic mass is 10.1. The summed E-state index contributed by atoms with van der Waals surface area (Å²) in [5.74, 6) is -2.56. The summed E-state index contributed by atoms with van der Waals surface area (Å²) in [6.07, 6.45) is -2.13. The molecule has 18 heavy (non-hydrogen) atoms. The molecule has 94 valence electrons. The predicted molar refractivity (Wildman–Crippen MR) is 57.9 cm³/mol. The minimum Gasteiger partial charge on any atom is -0.481 e. The van der Waals surface area contributed by atoms with E-state index in [4.69, 9.17) is 14.6 Å². The Kier molecular flexibility index (Phi) is 2.99. The maximum Gasteiger partial charge on any atom is 0.337 e. The van der Waals surface area contributed by atoms with E-state index in [1.807, 2.05) is 0 Å². The molecule has 3 N–H and O–H groups in total. The van der Waals surface area contributed by atoms with Gasteiger partial charge in [-0.05, 0) is 6.07 Å². The average molecular weight is 251 g/mol. The van der Waals surface area contributed by atoms with Crippen LogP contribution < -0.4 is 0 Å². The fourth-order valence-electron chi connectivity index (χ4n) is 1.57. The molecule has 1 heterocycles. The Hall–Kier alpha value is -2.41. The standard InChI is InChI=1S/C11H9NO6/c13-8(14)4-7-12-9-5(10(15)11(16)17)2-1-3-6(9)18-7/h1-3,10,15H,4H2,(H,13,14)(H,16,17). The summed E-state index contributed by atoms with van der Waals surface area (Å²) in [5, 5.41) is 26.8. The SMILES string of the molecule is O=C(O)Cc1nc2c(C(O)C(=O)O)cccc2o1. The predicted octanol–water partition coefficient (Wildman–Crippen LogP) is 0.573. The van der Waals surface area contributed by atoms with Crippen molar-refractivity contribution in [3.05, 3.63) is 29.7 Å². The van der Waals surface area contributed by atoms with Gasteiger partial charge in [-0.3, -0.25) is 4.79 Å². The van der Waals surface area contributed by atoms with Gasteiger partial charge >= 0.3 is 11.9 Å². The molecular formula is C11H9NO6. The number of aliphatic hydroxyl groups excluding tert-OH is 1. The number of rotatable bonds is 4. The van der Waals surface area contributed by atoms with Gasteiger partial charge in [0.1, 0.15) is 11.9 Å². The van der Waals surface area contributed by atoms with E-state index >= 15 is 0 Å². The van der Waals surface area contributed by atoms with Crippen molar-refractivity contribution in [3.8, 4) is 0 Å². The lowest BCUT2D eigenvalue weighted by Crippen LogP contribution is -2.10. The topological polar surface area (TPSA) is 121 Å². The van der Waals surface area contributed by atoms with Gasteiger partial charge in [-0.2, -0.15) is 0 Å². The van der Waals surface area contributed by atoms with Gasteiger partial charge in [-0.25, -0.2) is 9.78 Å². The number of carbonyl (C=O) groups is 2. The number of aliphatic hydroxyl groups is 1. The molecule has 0 radical (unpaired) electrons. The molecule has 0 saturated carbocycles. The molecule has 1 aromatic heterocycles. The number of carboxylic acid groups (broad SMARTS) is 2. The number of carboxylic acids is 2. The first-order valence-corrected chi connectivity index (χ1v) is 5.00. The van der Waals surface area contributed by atoms with E-state index < -0.39 is 24.5 Å². The number of benzene rings is 1. The lowest BCUT2D eigenvalue weighted by Gasteiger charge is -2.04. The van der Waals surface area contributed by atoms with E-state index in [1.165, 1.54) is 18.2 Å². The minimum atomic E-state index is -1.73. The van der Waals surface area contributed by atoms with Gasteiger partial charge in [0.05, 0.1) is 0 Å². The molecule has 2 rings (SSSR count). The zero-order valence-corrected chi connectivity index (χ0v) is 9.03. The van der Waals surface area contributed by atoms with Crippen molar-refractivity contribution in [1.29, 1.82) is 0 Å². The highest BCUT2D eigenvalue weighted by molar-refractivity contribution is 5.84. The monoisotopic (exact) mass is 251 g/mol. The van der Waals surface area contributed by atoms with Gasteiger partial charge in [-0.1, -0.05) is 12.1 Å². The molecule has 1 aromatic carbocycles. The lowest BCUT2D eigenvalue weighted by molar-refractivity contribution is -0.147. The van der Waals surface area contributed by atoms with Crippen LogP contribution in [0.3, 0.4) is 0 Å². The number of aliphatic carboxylic acids is 2. The molecule has 0 spiro atoms. The molecule has 0 aliphatic carbocycles. The summed E-state index contributed by atoms with van der Waals surface area (Å²) < 4.78 is 5.15. The van der Waals surface area contributed by atoms with E-state index in [-0.39, 0.29) is 22.6 Å². The largest absolute Gasteiger partial charge is 0.481 e. The van der Waals surface area contributed by atoms with Crippen LogP contribution in [0.4, 0.5) is 0 Å². The molecule has 0 fully saturated rings. The molecular weight excluding hydrogens is 242 g/mol. The number of oxazole rings is 1. The van der Waals surface area contributed by atoms with E-state index in [2.05, 4.69) is 4.98 Å². The second-order valence-corrected chi connectivity index (χ2v) is 3.61. The number of nitrogens with zero attached hydrogens (tertiary/aromatic N) is 1. The molecule has 2 aromatic rings. The normalized spacial score (nSPS) is 12.5. The van der Waals surface area contributed by atoms with Crippen LogP contribution >= 0.6 is 0 Å². The Morgan fingerprint density at radius 1 is 1.33 bits per heavy atom. The number of hydrogen-bond donors (Lipinski definition) is 3. The summed E-state index contributed by atoms with van der Waals surface area (Å²) >= 11 is 0. The number of fused-ring (bicyclic) bond motifs is 1. The Bertz CT molecular complexity index is 617. The maximum absolute atomic E-state index is 10.7. The fraction of sp³-hybridized carbons (Fsp3) is 0.182. The van der Waals surface area contributed by atoms with Gasteiger partial charge in [0, 0.05) is 5.56 Å². The minimum absolute atomic E-state index is 0.0393. The number of hydrogen-bond acceptors (Lipinski definition) is 5. The van der Waals surface area contributed by atoms with Gasteiger partial charge in [0.15, 0.2) is 11.7 Å². The Morgan fingerprint density at radius 3 is 2.67 bits per heavy atom. The van der Waals surface area contributed by atoms with Crippen LogP contribution in [0.5, 0.6) is 0 Å². The summed E-state index contributed by atoms with van der Waals surface area (Å²) in [6, 6.07) is 4.42. The van der Waals surface area contributed by atoms with E-state index in [1.54, 1.807) is 0 Å². The molecule has 0 amide bonds. The van der Waals surface area contributed by atoms with Crippen LogP contribution in [0, 0.1) is 0 Å². The van der Waals surface area contributed by atoms with Crippen LogP contribution in [0.15, 0.2) is 22.6 Å². The van der Waals surface area contributed by atoms with Crippen molar-refractivity contribution in [3.63, 3.8) is 0 Å². The molecule has 0 saturated heterocycles. The zero-order valence-electron chi connectivity index (χ0n) is 9.03. The van der Waals surface area contributed by atoms with Gasteiger partial charge < -0.3 is 19.7 Å². The fourth-order valence-corrected chi connectivity index (χ4v) is 1.57. The molecule has 0 aliphatic rings. The Labute approximate surface area is 100 Å². The quantitative estimate of drug-likeness (QED) is 0.726. The second kappa shape index (κ2) is 4.46. The first kappa shape index (κ1) is 12.1. The molecule has 1 atom stereocenters. The molecule has 1 unspecified atom stereocenters. The van der Waals surface area contributed by atoms with Crippen molar-refractivity contribution in [1.82, 2.24) is 4.98 Å². The van der Waals surface area contributed by atoms with Crippen molar-refractivity contribution < 1.29 is 29.3 Å². The van der Waals surface area contributed by atoms with Gasteiger partial charge in [0.2, 0.25) is 5.89 Å². The summed E-state index contributed by atoms with van der Waals surface area (Å²) in [5.41, 5.74) is 0.466. The molecule has 0 bridgehead atoms. The highest BCUT2D eigenvalue weighted by Gasteiger charge is 2.21. The highest BCUT2D eigenvalue weighted by atomic mass is 16.4. The van der Waals surface area contributed by atoms with Crippen molar-refractivity contribution in [2.45, 2.75) is 12.5 Å². The van der Waals surface area contributed by atoms with Gasteiger partial charge in [0.25, 0.3) is 0 Å². The van der Waals surface area contributed by atoms with Crippen LogP contribution in [-0.4, -0.2) is 32.2 Å². The molecule has 7 nitrogen and oxygen atoms in total. The van der Waals surface area contributed by atoms with Crippen molar-refractivity contribution >= 4 is 23.0 Å². The maximum atomic E-state index is 10.7. The summed E-state index contributed by atoms with van der Waals surface area (Å²) in [4.78, 5) is 25.1. The van der Waals surface area contributed by atoms with E-state index in [9.17, 15) is 14.7 Å². The third-order valence-corrected chi connectivity index (χ3v) is 2.33. The Balaban J connectivity index is 2.52. The van der Waals surface area contributed by atoms with Crippen LogP contribution in [0.25, 0.3) is 11.1 Å². The third kappa shape index (κ3) is 2.16. The van der Waals surface area contributed by atoms with Crippen molar-refractivity contribution in [2.24, 2.45) is 0 Å². The smallest absolute Gasteiger partial charge is 0.337 e. The Morgan fingerprint density at radius 2 is 2.06 bits per heavy atom. The highest BCUT2D eigenvalue weighted by Crippen LogP contribution is 2.25. The van der Waals surface area contributed by atoms with Crippen molar-refractivity contribution in [2.75, 3.05) is 0 Å². The zero-order chi connectivity index (χ0) is 13.3. The van der Waals surface area contributed by atoms with Gasteiger partial charge in [-0.15, -0.1) is 0 Å². The van der Waals surface area contributed by atoms with Crippen LogP contribution in [0.1, 0.15) is 17.6 Å².